The van der Waals surface area contributed by atoms with E-state index in [1.165, 1.54) is 12.0 Å². The molecule has 0 radical (unpaired) electrons. The highest BCUT2D eigenvalue weighted by Crippen LogP contribution is 2.21. The van der Waals surface area contributed by atoms with Crippen LogP contribution in [-0.2, 0) is 12.0 Å². The minimum absolute atomic E-state index is 0.102. The van der Waals surface area contributed by atoms with Gasteiger partial charge in [-0.15, -0.1) is 0 Å². The minimum Gasteiger partial charge on any atom is -0.306 e. The third-order valence-electron chi connectivity index (χ3n) is 3.34. The lowest BCUT2D eigenvalue weighted by Crippen LogP contribution is -2.18. The molecule has 3 heteroatoms. The van der Waals surface area contributed by atoms with E-state index in [1.807, 2.05) is 0 Å². The molecular formula is C16H25N3. The normalized spacial score (nSPS) is 12.5. The van der Waals surface area contributed by atoms with Crippen LogP contribution in [0.25, 0.3) is 5.65 Å². The molecule has 2 heterocycles. The van der Waals surface area contributed by atoms with Crippen LogP contribution in [0.1, 0.15) is 45.4 Å². The molecule has 0 aliphatic rings. The molecule has 0 bridgehead atoms. The monoisotopic (exact) mass is 259 g/mol. The van der Waals surface area contributed by atoms with E-state index in [2.05, 4.69) is 73.6 Å². The van der Waals surface area contributed by atoms with Crippen molar-refractivity contribution in [2.75, 3.05) is 13.6 Å². The number of hydrogen-bond donors (Lipinski definition) is 0. The first-order valence-corrected chi connectivity index (χ1v) is 7.07. The Hall–Kier alpha value is -1.35. The van der Waals surface area contributed by atoms with E-state index < -0.39 is 0 Å². The second kappa shape index (κ2) is 5.33. The average molecular weight is 259 g/mol. The molecule has 0 fully saturated rings. The minimum atomic E-state index is 0.102. The first-order valence-electron chi connectivity index (χ1n) is 7.07. The van der Waals surface area contributed by atoms with Crippen molar-refractivity contribution in [3.05, 3.63) is 35.8 Å². The number of nitrogens with zero attached hydrogens (tertiary/aromatic N) is 3. The van der Waals surface area contributed by atoms with E-state index in [1.54, 1.807) is 0 Å². The summed E-state index contributed by atoms with van der Waals surface area (Å²) in [6.45, 7) is 10.9. The summed E-state index contributed by atoms with van der Waals surface area (Å²) in [6.07, 6.45) is 5.54. The zero-order valence-electron chi connectivity index (χ0n) is 12.8. The number of imidazole rings is 1. The van der Waals surface area contributed by atoms with Crippen molar-refractivity contribution in [3.63, 3.8) is 0 Å². The van der Waals surface area contributed by atoms with Crippen molar-refractivity contribution < 1.29 is 0 Å². The third-order valence-corrected chi connectivity index (χ3v) is 3.34. The van der Waals surface area contributed by atoms with Crippen LogP contribution in [0.4, 0.5) is 0 Å². The number of aromatic nitrogens is 2. The highest BCUT2D eigenvalue weighted by Gasteiger charge is 2.17. The van der Waals surface area contributed by atoms with Crippen molar-refractivity contribution in [1.82, 2.24) is 14.3 Å². The third kappa shape index (κ3) is 3.35. The topological polar surface area (TPSA) is 20.5 Å². The molecule has 0 spiro atoms. The summed E-state index contributed by atoms with van der Waals surface area (Å²) < 4.78 is 2.15. The molecule has 0 aliphatic carbocycles. The zero-order chi connectivity index (χ0) is 14.0. The number of pyridine rings is 1. The van der Waals surface area contributed by atoms with Gasteiger partial charge in [0.1, 0.15) is 5.65 Å². The summed E-state index contributed by atoms with van der Waals surface area (Å²) in [4.78, 5) is 7.04. The maximum Gasteiger partial charge on any atom is 0.137 e. The summed E-state index contributed by atoms with van der Waals surface area (Å²) >= 11 is 0. The average Bonchev–Trinajstić information content (AvgIpc) is 2.71. The molecule has 2 rings (SSSR count). The Labute approximate surface area is 116 Å². The largest absolute Gasteiger partial charge is 0.306 e. The molecule has 2 aromatic heterocycles. The van der Waals surface area contributed by atoms with Crippen LogP contribution >= 0.6 is 0 Å². The van der Waals surface area contributed by atoms with Gasteiger partial charge in [0.2, 0.25) is 0 Å². The van der Waals surface area contributed by atoms with Crippen molar-refractivity contribution in [3.8, 4) is 0 Å². The maximum absolute atomic E-state index is 4.69. The van der Waals surface area contributed by atoms with Gasteiger partial charge in [-0.2, -0.15) is 0 Å². The summed E-state index contributed by atoms with van der Waals surface area (Å²) in [7, 11) is 2.17. The summed E-state index contributed by atoms with van der Waals surface area (Å²) in [5.74, 6) is 0. The summed E-state index contributed by atoms with van der Waals surface area (Å²) in [6, 6.07) is 4.30. The predicted octanol–water partition coefficient (Wildman–Crippen LogP) is 3.47. The van der Waals surface area contributed by atoms with Crippen molar-refractivity contribution in [1.29, 1.82) is 0 Å². The van der Waals surface area contributed by atoms with E-state index >= 15 is 0 Å². The standard InChI is InChI=1S/C16H25N3/c1-6-9-18(5)10-13-7-8-15-17-14(16(2,3)4)12-19(15)11-13/h7-8,11-12H,6,9-10H2,1-5H3. The zero-order valence-corrected chi connectivity index (χ0v) is 12.8. The molecule has 0 atom stereocenters. The van der Waals surface area contributed by atoms with Crippen LogP contribution in [0.2, 0.25) is 0 Å². The van der Waals surface area contributed by atoms with Gasteiger partial charge in [0.25, 0.3) is 0 Å². The lowest BCUT2D eigenvalue weighted by Gasteiger charge is -2.15. The maximum atomic E-state index is 4.69. The van der Waals surface area contributed by atoms with Crippen LogP contribution < -0.4 is 0 Å². The van der Waals surface area contributed by atoms with E-state index in [0.717, 1.165) is 24.4 Å². The first kappa shape index (κ1) is 14.1. The molecule has 0 aromatic carbocycles. The van der Waals surface area contributed by atoms with Gasteiger partial charge >= 0.3 is 0 Å². The van der Waals surface area contributed by atoms with Gasteiger partial charge in [0, 0.05) is 24.4 Å². The molecule has 0 amide bonds. The lowest BCUT2D eigenvalue weighted by atomic mass is 9.93. The van der Waals surface area contributed by atoms with Crippen LogP contribution in [0.3, 0.4) is 0 Å². The van der Waals surface area contributed by atoms with E-state index in [-0.39, 0.29) is 5.41 Å². The predicted molar refractivity (Wildman–Crippen MR) is 80.5 cm³/mol. The second-order valence-corrected chi connectivity index (χ2v) is 6.42. The molecule has 0 unspecified atom stereocenters. The van der Waals surface area contributed by atoms with Gasteiger partial charge in [-0.05, 0) is 31.6 Å². The Morgan fingerprint density at radius 1 is 1.21 bits per heavy atom. The van der Waals surface area contributed by atoms with Crippen molar-refractivity contribution in [2.24, 2.45) is 0 Å². The fourth-order valence-corrected chi connectivity index (χ4v) is 2.27. The van der Waals surface area contributed by atoms with E-state index in [0.29, 0.717) is 0 Å². The van der Waals surface area contributed by atoms with E-state index in [9.17, 15) is 0 Å². The molecule has 104 valence electrons. The summed E-state index contributed by atoms with van der Waals surface area (Å²) in [5, 5.41) is 0. The quantitative estimate of drug-likeness (QED) is 0.838. The first-order chi connectivity index (χ1) is 8.90. The fraction of sp³-hybridized carbons (Fsp3) is 0.562. The molecule has 2 aromatic rings. The Kier molecular flexibility index (Phi) is 3.95. The Bertz CT molecular complexity index is 549. The van der Waals surface area contributed by atoms with Gasteiger partial charge in [0.05, 0.1) is 5.69 Å². The Morgan fingerprint density at radius 3 is 2.58 bits per heavy atom. The van der Waals surface area contributed by atoms with Gasteiger partial charge < -0.3 is 9.30 Å². The van der Waals surface area contributed by atoms with Gasteiger partial charge in [0.15, 0.2) is 0 Å². The van der Waals surface area contributed by atoms with Gasteiger partial charge in [-0.3, -0.25) is 0 Å². The summed E-state index contributed by atoms with van der Waals surface area (Å²) in [5.41, 5.74) is 3.62. The molecule has 0 N–H and O–H groups in total. The fourth-order valence-electron chi connectivity index (χ4n) is 2.27. The van der Waals surface area contributed by atoms with Gasteiger partial charge in [-0.25, -0.2) is 4.98 Å². The molecule has 0 aliphatic heterocycles. The highest BCUT2D eigenvalue weighted by atomic mass is 15.1. The highest BCUT2D eigenvalue weighted by molar-refractivity contribution is 5.42. The van der Waals surface area contributed by atoms with Gasteiger partial charge in [-0.1, -0.05) is 33.8 Å². The lowest BCUT2D eigenvalue weighted by molar-refractivity contribution is 0.327. The molecular weight excluding hydrogens is 234 g/mol. The number of fused-ring (bicyclic) bond motifs is 1. The van der Waals surface area contributed by atoms with Crippen LogP contribution in [0, 0.1) is 0 Å². The van der Waals surface area contributed by atoms with Crippen LogP contribution in [-0.4, -0.2) is 27.9 Å². The number of hydrogen-bond acceptors (Lipinski definition) is 2. The van der Waals surface area contributed by atoms with Crippen molar-refractivity contribution >= 4 is 5.65 Å². The van der Waals surface area contributed by atoms with E-state index in [4.69, 9.17) is 0 Å². The molecule has 0 saturated carbocycles. The Morgan fingerprint density at radius 2 is 1.95 bits per heavy atom. The second-order valence-electron chi connectivity index (χ2n) is 6.42. The Balaban J connectivity index is 2.25. The molecule has 0 saturated heterocycles. The SMILES string of the molecule is CCCN(C)Cc1ccc2nc(C(C)(C)C)cn2c1. The van der Waals surface area contributed by atoms with Crippen molar-refractivity contribution in [2.45, 2.75) is 46.1 Å². The molecule has 3 nitrogen and oxygen atoms in total. The van der Waals surface area contributed by atoms with Crippen LogP contribution in [0.5, 0.6) is 0 Å². The molecule has 19 heavy (non-hydrogen) atoms. The number of rotatable bonds is 4. The smallest absolute Gasteiger partial charge is 0.137 e. The van der Waals surface area contributed by atoms with Crippen LogP contribution in [0.15, 0.2) is 24.5 Å².